The van der Waals surface area contributed by atoms with Gasteiger partial charge in [-0.05, 0) is 12.8 Å². The Balaban J connectivity index is 3.04. The van der Waals surface area contributed by atoms with E-state index in [1.54, 1.807) is 0 Å². The van der Waals surface area contributed by atoms with Gasteiger partial charge in [0.15, 0.2) is 0 Å². The predicted molar refractivity (Wildman–Crippen MR) is 109 cm³/mol. The molecule has 0 aromatic carbocycles. The Morgan fingerprint density at radius 3 is 1.27 bits per heavy atom. The molecule has 0 radical (unpaired) electrons. The molecule has 26 heavy (non-hydrogen) atoms. The summed E-state index contributed by atoms with van der Waals surface area (Å²) >= 11 is 0. The minimum Gasteiger partial charge on any atom is -0.355 e. The van der Waals surface area contributed by atoms with Gasteiger partial charge in [0.2, 0.25) is 0 Å². The van der Waals surface area contributed by atoms with Crippen molar-refractivity contribution in [1.82, 2.24) is 0 Å². The third-order valence-corrected chi connectivity index (χ3v) is 4.21. The minimum atomic E-state index is 0.377. The van der Waals surface area contributed by atoms with E-state index in [4.69, 9.17) is 18.9 Å². The maximum Gasteiger partial charge on any atom is 0.147 e. The van der Waals surface area contributed by atoms with Crippen molar-refractivity contribution >= 4 is 0 Å². The average molecular weight is 373 g/mol. The first-order chi connectivity index (χ1) is 12.9. The van der Waals surface area contributed by atoms with Crippen molar-refractivity contribution in [3.63, 3.8) is 0 Å². The van der Waals surface area contributed by atoms with Crippen molar-refractivity contribution in [2.24, 2.45) is 0 Å². The van der Waals surface area contributed by atoms with Crippen molar-refractivity contribution in [2.75, 3.05) is 40.0 Å². The van der Waals surface area contributed by atoms with Crippen molar-refractivity contribution in [1.29, 1.82) is 0 Å². The summed E-state index contributed by atoms with van der Waals surface area (Å²) in [6.45, 7) is 7.97. The Morgan fingerprint density at radius 1 is 0.462 bits per heavy atom. The molecule has 0 fully saturated rings. The van der Waals surface area contributed by atoms with E-state index in [0.717, 1.165) is 26.1 Å². The molecule has 0 bridgehead atoms. The Kier molecular flexibility index (Phi) is 24.2. The quantitative estimate of drug-likeness (QED) is 0.128. The first-order valence-electron chi connectivity index (χ1n) is 10.9. The first-order valence-corrected chi connectivity index (χ1v) is 10.9. The molecule has 0 atom stereocenters. The Morgan fingerprint density at radius 2 is 0.846 bits per heavy atom. The lowest BCUT2D eigenvalue weighted by atomic mass is 10.1. The molecule has 0 unspecified atom stereocenters. The van der Waals surface area contributed by atoms with E-state index >= 15 is 0 Å². The molecule has 0 aromatic heterocycles. The fraction of sp³-hybridized carbons (Fsp3) is 0.909. The summed E-state index contributed by atoms with van der Waals surface area (Å²) in [5.74, 6) is 0. The lowest BCUT2D eigenvalue weighted by molar-refractivity contribution is -0.0480. The smallest absolute Gasteiger partial charge is 0.147 e. The van der Waals surface area contributed by atoms with Gasteiger partial charge in [0.25, 0.3) is 0 Å². The average Bonchev–Trinajstić information content (AvgIpc) is 2.66. The number of ether oxygens (including phenoxy) is 4. The molecule has 0 saturated carbocycles. The van der Waals surface area contributed by atoms with Crippen molar-refractivity contribution in [2.45, 2.75) is 90.9 Å². The van der Waals surface area contributed by atoms with E-state index in [1.165, 1.54) is 64.2 Å². The summed E-state index contributed by atoms with van der Waals surface area (Å²) < 4.78 is 21.7. The van der Waals surface area contributed by atoms with Gasteiger partial charge in [-0.15, -0.1) is 0 Å². The topological polar surface area (TPSA) is 36.9 Å². The summed E-state index contributed by atoms with van der Waals surface area (Å²) in [6.07, 6.45) is 19.4. The zero-order valence-corrected chi connectivity index (χ0v) is 17.5. The van der Waals surface area contributed by atoms with Gasteiger partial charge in [0.1, 0.15) is 13.6 Å². The van der Waals surface area contributed by atoms with Gasteiger partial charge in [-0.3, -0.25) is 0 Å². The molecule has 4 heteroatoms. The van der Waals surface area contributed by atoms with Crippen LogP contribution in [0.1, 0.15) is 90.9 Å². The molecule has 0 aliphatic heterocycles. The van der Waals surface area contributed by atoms with Crippen LogP contribution < -0.4 is 0 Å². The molecule has 0 aliphatic rings. The van der Waals surface area contributed by atoms with Gasteiger partial charge in [-0.1, -0.05) is 90.2 Å². The van der Waals surface area contributed by atoms with E-state index < -0.39 is 0 Å². The number of rotatable bonds is 22. The highest BCUT2D eigenvalue weighted by molar-refractivity contribution is 4.80. The maximum atomic E-state index is 5.45. The van der Waals surface area contributed by atoms with Crippen LogP contribution in [0.2, 0.25) is 0 Å². The van der Waals surface area contributed by atoms with Gasteiger partial charge < -0.3 is 18.9 Å². The van der Waals surface area contributed by atoms with Crippen LogP contribution in [0, 0.1) is 0 Å². The van der Waals surface area contributed by atoms with Crippen LogP contribution in [0.15, 0.2) is 12.2 Å². The van der Waals surface area contributed by atoms with Gasteiger partial charge >= 0.3 is 0 Å². The van der Waals surface area contributed by atoms with Gasteiger partial charge in [-0.25, -0.2) is 0 Å². The fourth-order valence-corrected chi connectivity index (χ4v) is 2.57. The molecule has 0 N–H and O–H groups in total. The maximum absolute atomic E-state index is 5.45. The third kappa shape index (κ3) is 23.6. The van der Waals surface area contributed by atoms with Crippen LogP contribution in [0.25, 0.3) is 0 Å². The number of hydrogen-bond donors (Lipinski definition) is 0. The monoisotopic (exact) mass is 372 g/mol. The molecule has 0 rings (SSSR count). The lowest BCUT2D eigenvalue weighted by Gasteiger charge is -2.05. The van der Waals surface area contributed by atoms with Gasteiger partial charge in [-0.2, -0.15) is 0 Å². The minimum absolute atomic E-state index is 0.377. The number of unbranched alkanes of at least 4 members (excludes halogenated alkanes) is 10. The molecule has 0 aromatic rings. The molecule has 0 amide bonds. The van der Waals surface area contributed by atoms with E-state index in [9.17, 15) is 0 Å². The first kappa shape index (κ1) is 25.6. The zero-order chi connectivity index (χ0) is 19.0. The highest BCUT2D eigenvalue weighted by Gasteiger charge is 1.92. The van der Waals surface area contributed by atoms with Crippen LogP contribution in [0.3, 0.4) is 0 Å². The summed E-state index contributed by atoms with van der Waals surface area (Å²) in [4.78, 5) is 0. The summed E-state index contributed by atoms with van der Waals surface area (Å²) in [5, 5.41) is 0. The molecule has 0 spiro atoms. The van der Waals surface area contributed by atoms with Crippen molar-refractivity contribution in [3.8, 4) is 0 Å². The second-order valence-electron chi connectivity index (χ2n) is 6.80. The molecule has 156 valence electrons. The molecule has 0 saturated heterocycles. The summed E-state index contributed by atoms with van der Waals surface area (Å²) in [7, 11) is 0. The van der Waals surface area contributed by atoms with E-state index in [1.807, 2.05) is 12.2 Å². The van der Waals surface area contributed by atoms with Crippen LogP contribution in [0.5, 0.6) is 0 Å². The van der Waals surface area contributed by atoms with E-state index in [0.29, 0.717) is 26.8 Å². The summed E-state index contributed by atoms with van der Waals surface area (Å²) in [6, 6.07) is 0. The SMILES string of the molecule is CCCCCCCCOCOC/C=C/COCOCCCCCCCC. The normalized spacial score (nSPS) is 11.6. The fourth-order valence-electron chi connectivity index (χ4n) is 2.57. The Hall–Kier alpha value is -0.420. The van der Waals surface area contributed by atoms with Crippen molar-refractivity contribution < 1.29 is 18.9 Å². The molecular formula is C22H44O4. The third-order valence-electron chi connectivity index (χ3n) is 4.21. The predicted octanol–water partition coefficient (Wildman–Crippen LogP) is 6.25. The van der Waals surface area contributed by atoms with Crippen LogP contribution in [0.4, 0.5) is 0 Å². The molecule has 4 nitrogen and oxygen atoms in total. The van der Waals surface area contributed by atoms with Crippen LogP contribution in [-0.4, -0.2) is 40.0 Å². The standard InChI is InChI=1S/C22H44O4/c1-3-5-7-9-11-13-17-23-21-25-19-15-16-20-26-22-24-18-14-12-10-8-6-4-2/h15-16H,3-14,17-22H2,1-2H3/b16-15+. The number of hydrogen-bond acceptors (Lipinski definition) is 4. The Bertz CT molecular complexity index is 243. The molecular weight excluding hydrogens is 328 g/mol. The molecule has 0 heterocycles. The van der Waals surface area contributed by atoms with E-state index in [2.05, 4.69) is 13.8 Å². The largest absolute Gasteiger partial charge is 0.355 e. The molecule has 0 aliphatic carbocycles. The van der Waals surface area contributed by atoms with Crippen LogP contribution in [-0.2, 0) is 18.9 Å². The Labute approximate surface area is 162 Å². The second-order valence-corrected chi connectivity index (χ2v) is 6.80. The zero-order valence-electron chi connectivity index (χ0n) is 17.5. The van der Waals surface area contributed by atoms with Gasteiger partial charge in [0.05, 0.1) is 13.2 Å². The highest BCUT2D eigenvalue weighted by Crippen LogP contribution is 2.05. The van der Waals surface area contributed by atoms with Crippen molar-refractivity contribution in [3.05, 3.63) is 12.2 Å². The summed E-state index contributed by atoms with van der Waals surface area (Å²) in [5.41, 5.74) is 0. The van der Waals surface area contributed by atoms with E-state index in [-0.39, 0.29) is 0 Å². The second kappa shape index (κ2) is 24.6. The van der Waals surface area contributed by atoms with Gasteiger partial charge in [0, 0.05) is 13.2 Å². The highest BCUT2D eigenvalue weighted by atomic mass is 16.7. The van der Waals surface area contributed by atoms with Crippen LogP contribution >= 0.6 is 0 Å². The lowest BCUT2D eigenvalue weighted by Crippen LogP contribution is -2.03.